The maximum Gasteiger partial charge on any atom is 0.224 e. The third-order valence-electron chi connectivity index (χ3n) is 7.05. The molecule has 0 aromatic heterocycles. The van der Waals surface area contributed by atoms with Crippen LogP contribution in [0, 0.1) is 0 Å². The van der Waals surface area contributed by atoms with Crippen molar-refractivity contribution in [3.8, 4) is 5.75 Å². The Morgan fingerprint density at radius 2 is 1.68 bits per heavy atom. The third-order valence-corrected chi connectivity index (χ3v) is 7.05. The van der Waals surface area contributed by atoms with Crippen LogP contribution in [0.4, 0.5) is 0 Å². The summed E-state index contributed by atoms with van der Waals surface area (Å²) in [6.45, 7) is 3.94. The van der Waals surface area contributed by atoms with Gasteiger partial charge in [0.25, 0.3) is 0 Å². The quantitative estimate of drug-likeness (QED) is 0.487. The number of carbonyl (C=O) groups excluding carboxylic acids is 1. The first-order chi connectivity index (χ1) is 16.7. The van der Waals surface area contributed by atoms with E-state index in [4.69, 9.17) is 4.74 Å². The van der Waals surface area contributed by atoms with Crippen LogP contribution in [0.3, 0.4) is 0 Å². The van der Waals surface area contributed by atoms with Crippen LogP contribution in [-0.2, 0) is 17.6 Å². The normalized spacial score (nSPS) is 19.5. The van der Waals surface area contributed by atoms with Crippen LogP contribution in [0.5, 0.6) is 5.75 Å². The summed E-state index contributed by atoms with van der Waals surface area (Å²) in [6.07, 6.45) is 13.9. The zero-order valence-electron chi connectivity index (χ0n) is 20.5. The lowest BCUT2D eigenvalue weighted by Gasteiger charge is -2.33. The molecule has 1 heterocycles. The van der Waals surface area contributed by atoms with Crippen molar-refractivity contribution in [1.82, 2.24) is 10.2 Å². The van der Waals surface area contributed by atoms with Gasteiger partial charge in [0.2, 0.25) is 5.91 Å². The maximum absolute atomic E-state index is 12.6. The van der Waals surface area contributed by atoms with Gasteiger partial charge in [-0.3, -0.25) is 9.69 Å². The minimum atomic E-state index is 0.124. The molecule has 0 radical (unpaired) electrons. The molecule has 2 aliphatic rings. The van der Waals surface area contributed by atoms with Gasteiger partial charge in [-0.15, -0.1) is 0 Å². The summed E-state index contributed by atoms with van der Waals surface area (Å²) in [7, 11) is 0. The first-order valence-electron chi connectivity index (χ1n) is 13.2. The van der Waals surface area contributed by atoms with Gasteiger partial charge < -0.3 is 10.1 Å². The number of allylic oxidation sites excluding steroid dienone is 1. The number of hydrogen-bond acceptors (Lipinski definition) is 3. The SMILES string of the molecule is O=C(Cc1ccc(OCCc2ccccc2)cc1)NC1CCN(C/C2=C/CCCCCC2)CC1. The molecule has 182 valence electrons. The Morgan fingerprint density at radius 3 is 2.47 bits per heavy atom. The fraction of sp³-hybridized carbons (Fsp3) is 0.500. The summed E-state index contributed by atoms with van der Waals surface area (Å²) < 4.78 is 5.86. The number of nitrogens with zero attached hydrogens (tertiary/aromatic N) is 1. The molecule has 4 nitrogen and oxygen atoms in total. The van der Waals surface area contributed by atoms with Gasteiger partial charge >= 0.3 is 0 Å². The Labute approximate surface area is 205 Å². The van der Waals surface area contributed by atoms with E-state index in [0.717, 1.165) is 50.2 Å². The first kappa shape index (κ1) is 24.5. The van der Waals surface area contributed by atoms with Crippen molar-refractivity contribution in [3.63, 3.8) is 0 Å². The van der Waals surface area contributed by atoms with Gasteiger partial charge in [-0.05, 0) is 61.8 Å². The number of nitrogens with one attached hydrogen (secondary N) is 1. The predicted molar refractivity (Wildman–Crippen MR) is 139 cm³/mol. The molecule has 1 fully saturated rings. The van der Waals surface area contributed by atoms with Gasteiger partial charge in [0, 0.05) is 32.1 Å². The number of ether oxygens (including phenoxy) is 1. The lowest BCUT2D eigenvalue weighted by molar-refractivity contribution is -0.121. The van der Waals surface area contributed by atoms with Crippen molar-refractivity contribution in [1.29, 1.82) is 0 Å². The van der Waals surface area contributed by atoms with E-state index in [1.165, 1.54) is 44.1 Å². The third kappa shape index (κ3) is 8.32. The van der Waals surface area contributed by atoms with E-state index >= 15 is 0 Å². The number of likely N-dealkylation sites (tertiary alicyclic amines) is 1. The monoisotopic (exact) mass is 460 g/mol. The van der Waals surface area contributed by atoms with Crippen molar-refractivity contribution in [2.45, 2.75) is 70.3 Å². The summed E-state index contributed by atoms with van der Waals surface area (Å²) in [5, 5.41) is 3.27. The fourth-order valence-corrected chi connectivity index (χ4v) is 5.02. The summed E-state index contributed by atoms with van der Waals surface area (Å²) >= 11 is 0. The van der Waals surface area contributed by atoms with Crippen molar-refractivity contribution >= 4 is 5.91 Å². The van der Waals surface area contributed by atoms with Gasteiger partial charge in [-0.1, -0.05) is 67.0 Å². The average Bonchev–Trinajstić information content (AvgIpc) is 2.84. The van der Waals surface area contributed by atoms with Crippen molar-refractivity contribution < 1.29 is 9.53 Å². The van der Waals surface area contributed by atoms with Gasteiger partial charge in [-0.2, -0.15) is 0 Å². The van der Waals surface area contributed by atoms with Gasteiger partial charge in [-0.25, -0.2) is 0 Å². The van der Waals surface area contributed by atoms with E-state index in [9.17, 15) is 4.79 Å². The van der Waals surface area contributed by atoms with Gasteiger partial charge in [0.1, 0.15) is 5.75 Å². The van der Waals surface area contributed by atoms with E-state index in [0.29, 0.717) is 19.1 Å². The molecular weight excluding hydrogens is 420 g/mol. The predicted octanol–water partition coefficient (Wildman–Crippen LogP) is 5.71. The Morgan fingerprint density at radius 1 is 0.912 bits per heavy atom. The van der Waals surface area contributed by atoms with E-state index in [-0.39, 0.29) is 5.91 Å². The smallest absolute Gasteiger partial charge is 0.224 e. The van der Waals surface area contributed by atoms with Crippen LogP contribution in [0.2, 0.25) is 0 Å². The maximum atomic E-state index is 12.6. The minimum absolute atomic E-state index is 0.124. The molecule has 2 aromatic rings. The minimum Gasteiger partial charge on any atom is -0.493 e. The highest BCUT2D eigenvalue weighted by Gasteiger charge is 2.21. The zero-order valence-corrected chi connectivity index (χ0v) is 20.5. The summed E-state index contributed by atoms with van der Waals surface area (Å²) in [4.78, 5) is 15.2. The van der Waals surface area contributed by atoms with Crippen LogP contribution < -0.4 is 10.1 Å². The lowest BCUT2D eigenvalue weighted by Crippen LogP contribution is -2.45. The highest BCUT2D eigenvalue weighted by Crippen LogP contribution is 2.20. The largest absolute Gasteiger partial charge is 0.493 e. The zero-order chi connectivity index (χ0) is 23.4. The Hall–Kier alpha value is -2.59. The number of rotatable bonds is 9. The van der Waals surface area contributed by atoms with Crippen LogP contribution in [0.15, 0.2) is 66.2 Å². The Kier molecular flexibility index (Phi) is 9.62. The topological polar surface area (TPSA) is 41.6 Å². The molecule has 1 aliphatic carbocycles. The summed E-state index contributed by atoms with van der Waals surface area (Å²) in [6, 6.07) is 18.6. The van der Waals surface area contributed by atoms with Crippen LogP contribution >= 0.6 is 0 Å². The molecule has 1 aliphatic heterocycles. The van der Waals surface area contributed by atoms with Gasteiger partial charge in [0.15, 0.2) is 0 Å². The standard InChI is InChI=1S/C30H40N2O2/c33-30(23-26-13-15-29(16-14-26)34-22-19-25-9-7-4-8-10-25)31-28-17-20-32(21-18-28)24-27-11-5-2-1-3-6-12-27/h4,7-11,13-16,28H,1-3,5-6,12,17-24H2,(H,31,33)/b27-11+. The fourth-order valence-electron chi connectivity index (χ4n) is 5.02. The summed E-state index contributed by atoms with van der Waals surface area (Å²) in [5.41, 5.74) is 3.94. The second kappa shape index (κ2) is 13.3. The number of hydrogen-bond donors (Lipinski definition) is 1. The average molecular weight is 461 g/mol. The van der Waals surface area contributed by atoms with Crippen molar-refractivity contribution in [2.75, 3.05) is 26.2 Å². The van der Waals surface area contributed by atoms with E-state index in [1.54, 1.807) is 5.57 Å². The Bertz CT molecular complexity index is 899. The number of piperidine rings is 1. The second-order valence-electron chi connectivity index (χ2n) is 9.84. The van der Waals surface area contributed by atoms with Crippen molar-refractivity contribution in [3.05, 3.63) is 77.4 Å². The number of benzene rings is 2. The van der Waals surface area contributed by atoms with Crippen molar-refractivity contribution in [2.24, 2.45) is 0 Å². The highest BCUT2D eigenvalue weighted by atomic mass is 16.5. The first-order valence-corrected chi connectivity index (χ1v) is 13.2. The highest BCUT2D eigenvalue weighted by molar-refractivity contribution is 5.78. The molecule has 1 amide bonds. The van der Waals surface area contributed by atoms with Crippen LogP contribution in [0.1, 0.15) is 62.5 Å². The molecule has 0 unspecified atom stereocenters. The molecule has 0 saturated carbocycles. The molecule has 4 rings (SSSR count). The molecule has 0 spiro atoms. The van der Waals surface area contributed by atoms with Crippen LogP contribution in [-0.4, -0.2) is 43.1 Å². The molecule has 1 saturated heterocycles. The van der Waals surface area contributed by atoms with E-state index in [1.807, 2.05) is 30.3 Å². The molecular formula is C30H40N2O2. The van der Waals surface area contributed by atoms with Gasteiger partial charge in [0.05, 0.1) is 13.0 Å². The Balaban J connectivity index is 1.13. The molecule has 4 heteroatoms. The second-order valence-corrected chi connectivity index (χ2v) is 9.84. The van der Waals surface area contributed by atoms with E-state index in [2.05, 4.69) is 40.6 Å². The molecule has 1 N–H and O–H groups in total. The number of carbonyl (C=O) groups is 1. The lowest BCUT2D eigenvalue weighted by atomic mass is 9.98. The molecule has 0 atom stereocenters. The number of amides is 1. The molecule has 34 heavy (non-hydrogen) atoms. The van der Waals surface area contributed by atoms with E-state index < -0.39 is 0 Å². The molecule has 2 aromatic carbocycles. The molecule has 0 bridgehead atoms. The summed E-state index contributed by atoms with van der Waals surface area (Å²) in [5.74, 6) is 0.978. The van der Waals surface area contributed by atoms with Crippen LogP contribution in [0.25, 0.3) is 0 Å².